The van der Waals surface area contributed by atoms with Gasteiger partial charge < -0.3 is 0 Å². The molecule has 0 radical (unpaired) electrons. The summed E-state index contributed by atoms with van der Waals surface area (Å²) in [5.41, 5.74) is 3.57. The Morgan fingerprint density at radius 2 is 1.96 bits per heavy atom. The molecule has 1 aromatic carbocycles. The van der Waals surface area contributed by atoms with E-state index in [4.69, 9.17) is 10.1 Å². The van der Waals surface area contributed by atoms with E-state index in [1.54, 1.807) is 17.3 Å². The Morgan fingerprint density at radius 1 is 1.15 bits per heavy atom. The van der Waals surface area contributed by atoms with E-state index in [2.05, 4.69) is 54.0 Å². The van der Waals surface area contributed by atoms with Gasteiger partial charge in [-0.15, -0.1) is 5.10 Å². The van der Waals surface area contributed by atoms with Crippen LogP contribution in [0.25, 0.3) is 5.69 Å². The second-order valence-electron chi connectivity index (χ2n) is 7.35. The lowest BCUT2D eigenvalue weighted by molar-refractivity contribution is 0.227. The highest BCUT2D eigenvalue weighted by Crippen LogP contribution is 2.29. The second kappa shape index (κ2) is 7.60. The molecule has 1 atom stereocenters. The van der Waals surface area contributed by atoms with Crippen LogP contribution in [0.2, 0.25) is 0 Å². The standard InChI is InChI=1S/C20H27N7/c1-4-17(25-9-5-6-10-25)20-23-19(12-26-14-21-13-22-26)24-27(20)18-8-7-15(2)11-16(18)3/h7-8,11,13-14,17H,4-6,9-10,12H2,1-3H3/t17-/m0/s1. The zero-order valence-electron chi connectivity index (χ0n) is 16.3. The average molecular weight is 365 g/mol. The van der Waals surface area contributed by atoms with E-state index in [9.17, 15) is 0 Å². The molecule has 0 spiro atoms. The third-order valence-corrected chi connectivity index (χ3v) is 5.29. The first-order chi connectivity index (χ1) is 13.2. The van der Waals surface area contributed by atoms with E-state index in [-0.39, 0.29) is 6.04 Å². The number of aromatic nitrogens is 6. The van der Waals surface area contributed by atoms with Gasteiger partial charge in [-0.3, -0.25) is 4.90 Å². The number of likely N-dealkylation sites (tertiary alicyclic amines) is 1. The molecule has 1 aliphatic heterocycles. The molecule has 0 amide bonds. The Morgan fingerprint density at radius 3 is 2.63 bits per heavy atom. The molecule has 142 valence electrons. The number of hydrogen-bond donors (Lipinski definition) is 0. The van der Waals surface area contributed by atoms with Crippen LogP contribution in [-0.2, 0) is 6.54 Å². The first-order valence-corrected chi connectivity index (χ1v) is 9.75. The molecule has 27 heavy (non-hydrogen) atoms. The maximum atomic E-state index is 4.96. The molecule has 7 heteroatoms. The highest BCUT2D eigenvalue weighted by Gasteiger charge is 2.28. The van der Waals surface area contributed by atoms with Crippen LogP contribution >= 0.6 is 0 Å². The molecule has 7 nitrogen and oxygen atoms in total. The molecule has 3 heterocycles. The molecule has 2 aromatic heterocycles. The topological polar surface area (TPSA) is 64.7 Å². The van der Waals surface area contributed by atoms with Crippen LogP contribution in [0.5, 0.6) is 0 Å². The lowest BCUT2D eigenvalue weighted by Gasteiger charge is -2.26. The summed E-state index contributed by atoms with van der Waals surface area (Å²) >= 11 is 0. The monoisotopic (exact) mass is 365 g/mol. The van der Waals surface area contributed by atoms with Crippen LogP contribution in [0.15, 0.2) is 30.9 Å². The van der Waals surface area contributed by atoms with Gasteiger partial charge in [-0.1, -0.05) is 24.6 Å². The minimum Gasteiger partial charge on any atom is -0.293 e. The molecular weight excluding hydrogens is 338 g/mol. The Bertz CT molecular complexity index is 891. The first-order valence-electron chi connectivity index (χ1n) is 9.75. The summed E-state index contributed by atoms with van der Waals surface area (Å²) in [5, 5.41) is 9.08. The number of hydrogen-bond acceptors (Lipinski definition) is 5. The summed E-state index contributed by atoms with van der Waals surface area (Å²) in [4.78, 5) is 11.5. The van der Waals surface area contributed by atoms with Crippen molar-refractivity contribution in [3.63, 3.8) is 0 Å². The Kier molecular flexibility index (Phi) is 5.03. The summed E-state index contributed by atoms with van der Waals surface area (Å²) in [6.45, 7) is 9.30. The summed E-state index contributed by atoms with van der Waals surface area (Å²) in [7, 11) is 0. The third kappa shape index (κ3) is 3.64. The van der Waals surface area contributed by atoms with Crippen molar-refractivity contribution in [2.24, 2.45) is 0 Å². The largest absolute Gasteiger partial charge is 0.293 e. The van der Waals surface area contributed by atoms with Crippen molar-refractivity contribution in [2.45, 2.75) is 52.6 Å². The van der Waals surface area contributed by atoms with Gasteiger partial charge in [0.2, 0.25) is 0 Å². The van der Waals surface area contributed by atoms with Crippen LogP contribution in [0.4, 0.5) is 0 Å². The molecule has 0 saturated carbocycles. The molecule has 0 N–H and O–H groups in total. The minimum atomic E-state index is 0.283. The summed E-state index contributed by atoms with van der Waals surface area (Å²) in [5.74, 6) is 1.80. The van der Waals surface area contributed by atoms with Gasteiger partial charge in [0.25, 0.3) is 0 Å². The van der Waals surface area contributed by atoms with E-state index in [0.29, 0.717) is 6.54 Å². The van der Waals surface area contributed by atoms with Crippen molar-refractivity contribution >= 4 is 0 Å². The Balaban J connectivity index is 1.77. The molecule has 1 aliphatic rings. The van der Waals surface area contributed by atoms with Gasteiger partial charge in [-0.05, 0) is 57.8 Å². The van der Waals surface area contributed by atoms with Crippen LogP contribution in [0.3, 0.4) is 0 Å². The molecule has 1 fully saturated rings. The molecule has 0 aliphatic carbocycles. The third-order valence-electron chi connectivity index (χ3n) is 5.29. The maximum absolute atomic E-state index is 4.96. The molecule has 3 aromatic rings. The van der Waals surface area contributed by atoms with Crippen molar-refractivity contribution in [3.8, 4) is 5.69 Å². The van der Waals surface area contributed by atoms with E-state index in [1.807, 2.05) is 4.68 Å². The fraction of sp³-hybridized carbons (Fsp3) is 0.500. The SMILES string of the molecule is CC[C@@H](c1nc(Cn2cncn2)nn1-c1ccc(C)cc1C)N1CCCC1. The van der Waals surface area contributed by atoms with Crippen molar-refractivity contribution in [1.29, 1.82) is 0 Å². The van der Waals surface area contributed by atoms with Gasteiger partial charge in [0.1, 0.15) is 25.0 Å². The number of aryl methyl sites for hydroxylation is 2. The second-order valence-corrected chi connectivity index (χ2v) is 7.35. The first kappa shape index (κ1) is 17.9. The molecule has 4 rings (SSSR count). The van der Waals surface area contributed by atoms with Gasteiger partial charge in [0.05, 0.1) is 11.7 Å². The maximum Gasteiger partial charge on any atom is 0.172 e. The minimum absolute atomic E-state index is 0.283. The smallest absolute Gasteiger partial charge is 0.172 e. The van der Waals surface area contributed by atoms with Crippen molar-refractivity contribution in [1.82, 2.24) is 34.4 Å². The zero-order chi connectivity index (χ0) is 18.8. The Labute approximate surface area is 160 Å². The average Bonchev–Trinajstić information content (AvgIpc) is 3.39. The van der Waals surface area contributed by atoms with Crippen LogP contribution < -0.4 is 0 Å². The number of nitrogens with zero attached hydrogens (tertiary/aromatic N) is 7. The van der Waals surface area contributed by atoms with Crippen LogP contribution in [-0.4, -0.2) is 47.5 Å². The Hall–Kier alpha value is -2.54. The van der Waals surface area contributed by atoms with Gasteiger partial charge in [0.15, 0.2) is 5.82 Å². The molecule has 0 bridgehead atoms. The van der Waals surface area contributed by atoms with Crippen LogP contribution in [0, 0.1) is 13.8 Å². The lowest BCUT2D eigenvalue weighted by atomic mass is 10.1. The summed E-state index contributed by atoms with van der Waals surface area (Å²) < 4.78 is 3.82. The highest BCUT2D eigenvalue weighted by molar-refractivity contribution is 5.42. The fourth-order valence-electron chi connectivity index (χ4n) is 3.99. The van der Waals surface area contributed by atoms with Crippen molar-refractivity contribution in [2.75, 3.05) is 13.1 Å². The number of benzene rings is 1. The normalized spacial score (nSPS) is 16.1. The highest BCUT2D eigenvalue weighted by atomic mass is 15.4. The lowest BCUT2D eigenvalue weighted by Crippen LogP contribution is -2.27. The predicted molar refractivity (Wildman–Crippen MR) is 104 cm³/mol. The van der Waals surface area contributed by atoms with Crippen molar-refractivity contribution in [3.05, 3.63) is 53.6 Å². The number of rotatable bonds is 6. The van der Waals surface area contributed by atoms with E-state index < -0.39 is 0 Å². The quantitative estimate of drug-likeness (QED) is 0.672. The van der Waals surface area contributed by atoms with Gasteiger partial charge in [0, 0.05) is 0 Å². The van der Waals surface area contributed by atoms with Gasteiger partial charge in [-0.2, -0.15) is 5.10 Å². The summed E-state index contributed by atoms with van der Waals surface area (Å²) in [6, 6.07) is 6.78. The van der Waals surface area contributed by atoms with Gasteiger partial charge in [-0.25, -0.2) is 19.3 Å². The van der Waals surface area contributed by atoms with Crippen LogP contribution in [0.1, 0.15) is 55.0 Å². The predicted octanol–water partition coefficient (Wildman–Crippen LogP) is 3.07. The fourth-order valence-corrected chi connectivity index (χ4v) is 3.99. The van der Waals surface area contributed by atoms with Crippen molar-refractivity contribution < 1.29 is 0 Å². The molecule has 0 unspecified atom stereocenters. The van der Waals surface area contributed by atoms with E-state index in [0.717, 1.165) is 36.8 Å². The van der Waals surface area contributed by atoms with Gasteiger partial charge >= 0.3 is 0 Å². The molecular formula is C20H27N7. The van der Waals surface area contributed by atoms with E-state index in [1.165, 1.54) is 24.0 Å². The molecule has 1 saturated heterocycles. The van der Waals surface area contributed by atoms with E-state index >= 15 is 0 Å². The zero-order valence-corrected chi connectivity index (χ0v) is 16.3. The summed E-state index contributed by atoms with van der Waals surface area (Å²) in [6.07, 6.45) is 6.79.